The molecule has 1 unspecified atom stereocenters. The Bertz CT molecular complexity index is 634. The van der Waals surface area contributed by atoms with E-state index in [1.165, 1.54) is 13.0 Å². The van der Waals surface area contributed by atoms with Gasteiger partial charge in [0.1, 0.15) is 11.6 Å². The highest BCUT2D eigenvalue weighted by molar-refractivity contribution is 5.97. The van der Waals surface area contributed by atoms with Gasteiger partial charge >= 0.3 is 0 Å². The Labute approximate surface area is 114 Å². The number of halogens is 2. The van der Waals surface area contributed by atoms with Gasteiger partial charge in [-0.1, -0.05) is 6.07 Å². The third-order valence-electron chi connectivity index (χ3n) is 2.99. The lowest BCUT2D eigenvalue weighted by Gasteiger charge is -2.15. The number of nitrogens with zero attached hydrogens (tertiary/aromatic N) is 1. The molecular weight excluding hydrogens is 266 g/mol. The van der Waals surface area contributed by atoms with Gasteiger partial charge in [-0.2, -0.15) is 5.10 Å². The molecule has 0 aliphatic rings. The van der Waals surface area contributed by atoms with Crippen LogP contribution >= 0.6 is 0 Å². The van der Waals surface area contributed by atoms with Crippen LogP contribution < -0.4 is 11.1 Å². The Morgan fingerprint density at radius 2 is 2.00 bits per heavy atom. The smallest absolute Gasteiger partial charge is 0.274 e. The molecule has 2 rings (SSSR count). The second-order valence-corrected chi connectivity index (χ2v) is 4.44. The van der Waals surface area contributed by atoms with E-state index in [0.29, 0.717) is 5.69 Å². The minimum absolute atomic E-state index is 0.00565. The highest BCUT2D eigenvalue weighted by Gasteiger charge is 2.21. The third kappa shape index (κ3) is 2.47. The Morgan fingerprint density at radius 1 is 1.40 bits per heavy atom. The molecular formula is C13H14F2N4O. The molecule has 7 heteroatoms. The van der Waals surface area contributed by atoms with Crippen molar-refractivity contribution in [3.63, 3.8) is 0 Å². The minimum Gasteiger partial charge on any atom is -0.395 e. The first-order valence-corrected chi connectivity index (χ1v) is 5.97. The van der Waals surface area contributed by atoms with Gasteiger partial charge in [0, 0.05) is 5.56 Å². The number of hydrogen-bond donors (Lipinski definition) is 3. The van der Waals surface area contributed by atoms with Crippen molar-refractivity contribution in [3.8, 4) is 0 Å². The largest absolute Gasteiger partial charge is 0.395 e. The van der Waals surface area contributed by atoms with Crippen molar-refractivity contribution in [2.45, 2.75) is 19.9 Å². The number of nitrogens with one attached hydrogen (secondary N) is 2. The van der Waals surface area contributed by atoms with E-state index in [-0.39, 0.29) is 16.9 Å². The number of benzene rings is 1. The van der Waals surface area contributed by atoms with Crippen molar-refractivity contribution < 1.29 is 13.6 Å². The van der Waals surface area contributed by atoms with Crippen molar-refractivity contribution in [2.24, 2.45) is 0 Å². The lowest BCUT2D eigenvalue weighted by Crippen LogP contribution is -2.28. The van der Waals surface area contributed by atoms with E-state index in [2.05, 4.69) is 15.5 Å². The molecule has 106 valence electrons. The van der Waals surface area contributed by atoms with E-state index in [1.807, 2.05) is 0 Å². The molecule has 0 saturated carbocycles. The summed E-state index contributed by atoms with van der Waals surface area (Å²) in [5.74, 6) is -2.03. The summed E-state index contributed by atoms with van der Waals surface area (Å²) in [6.45, 7) is 3.15. The maximum Gasteiger partial charge on any atom is 0.274 e. The molecule has 0 fully saturated rings. The zero-order valence-corrected chi connectivity index (χ0v) is 11.0. The van der Waals surface area contributed by atoms with Crippen LogP contribution in [0.1, 0.15) is 34.7 Å². The molecule has 1 heterocycles. The van der Waals surface area contributed by atoms with E-state index in [4.69, 9.17) is 5.73 Å². The number of nitrogens with two attached hydrogens (primary N) is 1. The number of aromatic amines is 1. The van der Waals surface area contributed by atoms with Crippen LogP contribution in [0.4, 0.5) is 14.5 Å². The Morgan fingerprint density at radius 3 is 2.50 bits per heavy atom. The van der Waals surface area contributed by atoms with Crippen molar-refractivity contribution in [1.29, 1.82) is 0 Å². The monoisotopic (exact) mass is 280 g/mol. The molecule has 1 amide bonds. The summed E-state index contributed by atoms with van der Waals surface area (Å²) in [4.78, 5) is 12.0. The summed E-state index contributed by atoms with van der Waals surface area (Å²) in [5.41, 5.74) is 6.25. The quantitative estimate of drug-likeness (QED) is 0.804. The summed E-state index contributed by atoms with van der Waals surface area (Å²) >= 11 is 0. The molecule has 5 nitrogen and oxygen atoms in total. The van der Waals surface area contributed by atoms with Gasteiger partial charge in [-0.3, -0.25) is 9.89 Å². The lowest BCUT2D eigenvalue weighted by atomic mass is 10.1. The van der Waals surface area contributed by atoms with Crippen LogP contribution in [0, 0.1) is 18.6 Å². The van der Waals surface area contributed by atoms with Crippen molar-refractivity contribution >= 4 is 11.6 Å². The molecule has 20 heavy (non-hydrogen) atoms. The molecule has 1 aromatic heterocycles. The van der Waals surface area contributed by atoms with Gasteiger partial charge in [0.2, 0.25) is 0 Å². The summed E-state index contributed by atoms with van der Waals surface area (Å²) < 4.78 is 27.2. The normalized spacial score (nSPS) is 12.2. The fourth-order valence-corrected chi connectivity index (χ4v) is 1.87. The average Bonchev–Trinajstić information content (AvgIpc) is 2.69. The van der Waals surface area contributed by atoms with Crippen LogP contribution in [0.5, 0.6) is 0 Å². The summed E-state index contributed by atoms with van der Waals surface area (Å²) in [6.07, 6.45) is 0. The van der Waals surface area contributed by atoms with E-state index in [0.717, 1.165) is 12.1 Å². The maximum atomic E-state index is 13.6. The van der Waals surface area contributed by atoms with E-state index in [9.17, 15) is 13.6 Å². The van der Waals surface area contributed by atoms with Crippen LogP contribution in [0.2, 0.25) is 0 Å². The molecule has 2 aromatic rings. The zero-order valence-electron chi connectivity index (χ0n) is 11.0. The molecule has 0 aliphatic heterocycles. The van der Waals surface area contributed by atoms with Crippen molar-refractivity contribution in [2.75, 3.05) is 5.73 Å². The fraction of sp³-hybridized carbons (Fsp3) is 0.231. The first-order chi connectivity index (χ1) is 9.41. The molecule has 0 radical (unpaired) electrons. The van der Waals surface area contributed by atoms with E-state index >= 15 is 0 Å². The predicted octanol–water partition coefficient (Wildman–Crippen LogP) is 2.07. The number of hydrogen-bond acceptors (Lipinski definition) is 3. The number of nitrogen functional groups attached to an aromatic ring is 1. The van der Waals surface area contributed by atoms with Crippen molar-refractivity contribution in [3.05, 3.63) is 46.8 Å². The van der Waals surface area contributed by atoms with Gasteiger partial charge in [-0.15, -0.1) is 0 Å². The zero-order chi connectivity index (χ0) is 14.9. The molecule has 0 spiro atoms. The predicted molar refractivity (Wildman–Crippen MR) is 70.0 cm³/mol. The van der Waals surface area contributed by atoms with Gasteiger partial charge < -0.3 is 11.1 Å². The number of aryl methyl sites for hydroxylation is 1. The topological polar surface area (TPSA) is 83.8 Å². The molecule has 0 bridgehead atoms. The number of carbonyl (C=O) groups is 1. The first-order valence-electron chi connectivity index (χ1n) is 5.97. The van der Waals surface area contributed by atoms with Crippen LogP contribution in [0.3, 0.4) is 0 Å². The van der Waals surface area contributed by atoms with Gasteiger partial charge in [0.05, 0.1) is 17.4 Å². The Balaban J connectivity index is 2.22. The lowest BCUT2D eigenvalue weighted by molar-refractivity contribution is 0.0934. The highest BCUT2D eigenvalue weighted by Crippen LogP contribution is 2.21. The number of anilines is 1. The average molecular weight is 280 g/mol. The number of aromatic nitrogens is 2. The standard InChI is InChI=1S/C13H14F2N4O/c1-6(10-8(14)4-3-5-9(10)15)17-13(20)12-11(16)7(2)18-19-12/h3-6H,16H2,1-2H3,(H,17,20)(H,18,19). The highest BCUT2D eigenvalue weighted by atomic mass is 19.1. The third-order valence-corrected chi connectivity index (χ3v) is 2.99. The Hall–Kier alpha value is -2.44. The first kappa shape index (κ1) is 14.0. The molecule has 0 saturated heterocycles. The van der Waals surface area contributed by atoms with Crippen LogP contribution in [0.15, 0.2) is 18.2 Å². The number of amides is 1. The summed E-state index contributed by atoms with van der Waals surface area (Å²) in [6, 6.07) is 2.68. The van der Waals surface area contributed by atoms with Crippen LogP contribution in [0.25, 0.3) is 0 Å². The van der Waals surface area contributed by atoms with E-state index < -0.39 is 23.6 Å². The van der Waals surface area contributed by atoms with Gasteiger partial charge in [0.15, 0.2) is 5.69 Å². The molecule has 0 aliphatic carbocycles. The number of H-pyrrole nitrogens is 1. The molecule has 1 atom stereocenters. The van der Waals surface area contributed by atoms with Crippen LogP contribution in [-0.4, -0.2) is 16.1 Å². The molecule has 1 aromatic carbocycles. The molecule has 4 N–H and O–H groups in total. The summed E-state index contributed by atoms with van der Waals surface area (Å²) in [7, 11) is 0. The van der Waals surface area contributed by atoms with E-state index in [1.54, 1.807) is 6.92 Å². The second-order valence-electron chi connectivity index (χ2n) is 4.44. The Kier molecular flexibility index (Phi) is 3.69. The maximum absolute atomic E-state index is 13.6. The van der Waals surface area contributed by atoms with Gasteiger partial charge in [0.25, 0.3) is 5.91 Å². The number of rotatable bonds is 3. The van der Waals surface area contributed by atoms with Gasteiger partial charge in [-0.05, 0) is 26.0 Å². The minimum atomic E-state index is -0.847. The van der Waals surface area contributed by atoms with Crippen molar-refractivity contribution in [1.82, 2.24) is 15.5 Å². The fourth-order valence-electron chi connectivity index (χ4n) is 1.87. The summed E-state index contributed by atoms with van der Waals surface area (Å²) in [5, 5.41) is 8.79. The van der Waals surface area contributed by atoms with Crippen LogP contribution in [-0.2, 0) is 0 Å². The van der Waals surface area contributed by atoms with Gasteiger partial charge in [-0.25, -0.2) is 8.78 Å². The number of carbonyl (C=O) groups excluding carboxylic acids is 1. The SMILES string of the molecule is Cc1[nH]nc(C(=O)NC(C)c2c(F)cccc2F)c1N. The second kappa shape index (κ2) is 5.28.